The van der Waals surface area contributed by atoms with Crippen LogP contribution >= 0.6 is 0 Å². The molecule has 0 bridgehead atoms. The molecule has 2 heteroatoms. The van der Waals surface area contributed by atoms with Crippen molar-refractivity contribution in [3.63, 3.8) is 0 Å². The van der Waals surface area contributed by atoms with Crippen molar-refractivity contribution in [2.45, 2.75) is 71.5 Å². The Balaban J connectivity index is 0.00000147. The van der Waals surface area contributed by atoms with E-state index in [0.717, 1.165) is 0 Å². The third-order valence-corrected chi connectivity index (χ3v) is 20.4. The van der Waals surface area contributed by atoms with Crippen molar-refractivity contribution in [1.29, 1.82) is 0 Å². The van der Waals surface area contributed by atoms with Gasteiger partial charge in [0.15, 0.2) is 0 Å². The van der Waals surface area contributed by atoms with E-state index in [9.17, 15) is 0 Å². The van der Waals surface area contributed by atoms with Gasteiger partial charge in [-0.3, -0.25) is 0 Å². The molecule has 0 N–H and O–H groups in total. The van der Waals surface area contributed by atoms with Gasteiger partial charge >= 0.3 is 127 Å². The van der Waals surface area contributed by atoms with Crippen molar-refractivity contribution in [1.82, 2.24) is 0 Å². The molecule has 0 nitrogen and oxygen atoms in total. The predicted octanol–water partition coefficient (Wildman–Crippen LogP) is 4.52. The topological polar surface area (TPSA) is 0 Å². The van der Waals surface area contributed by atoms with Crippen molar-refractivity contribution in [2.75, 3.05) is 0 Å². The molecule has 0 unspecified atom stereocenters. The van der Waals surface area contributed by atoms with Crippen LogP contribution in [0.2, 0.25) is 7.25 Å². The summed E-state index contributed by atoms with van der Waals surface area (Å²) in [6.45, 7) is 0. The van der Waals surface area contributed by atoms with Crippen LogP contribution in [-0.2, 0) is 13.5 Å². The molecule has 20 heavy (non-hydrogen) atoms. The van der Waals surface area contributed by atoms with Gasteiger partial charge < -0.3 is 13.5 Å². The molecule has 0 saturated heterocycles. The molecule has 1 radical (unpaired) electrons. The van der Waals surface area contributed by atoms with E-state index in [1.807, 2.05) is 3.27 Å². The molecule has 1 aromatic carbocycles. The summed E-state index contributed by atoms with van der Waals surface area (Å²) in [6, 6.07) is 11.8. The molecule has 2 fully saturated rings. The molecule has 0 amide bonds. The van der Waals surface area contributed by atoms with Crippen LogP contribution in [0.1, 0.15) is 64.2 Å². The van der Waals surface area contributed by atoms with Crippen LogP contribution in [-0.4, -0.2) is 21.8 Å². The molecular formula is C18H29BiS-. The van der Waals surface area contributed by atoms with Crippen molar-refractivity contribution >= 4 is 38.5 Å². The van der Waals surface area contributed by atoms with Crippen LogP contribution in [0, 0.1) is 0 Å². The summed E-state index contributed by atoms with van der Waals surface area (Å²) in [6.07, 6.45) is 15.4. The van der Waals surface area contributed by atoms with Crippen LogP contribution in [0.4, 0.5) is 0 Å². The molecule has 0 aliphatic heterocycles. The Labute approximate surface area is 139 Å². The van der Waals surface area contributed by atoms with E-state index < -0.39 is 21.8 Å². The quantitative estimate of drug-likeness (QED) is 0.344. The molecule has 0 aromatic heterocycles. The van der Waals surface area contributed by atoms with Crippen molar-refractivity contribution in [3.8, 4) is 0 Å². The van der Waals surface area contributed by atoms with E-state index in [-0.39, 0.29) is 13.5 Å². The first-order chi connectivity index (χ1) is 9.45. The van der Waals surface area contributed by atoms with E-state index in [2.05, 4.69) is 30.3 Å². The van der Waals surface area contributed by atoms with Crippen molar-refractivity contribution < 1.29 is 0 Å². The summed E-state index contributed by atoms with van der Waals surface area (Å²) in [5.41, 5.74) is 0. The second-order valence-corrected chi connectivity index (χ2v) is 18.6. The summed E-state index contributed by atoms with van der Waals surface area (Å²) in [5.74, 6) is 0. The number of thiol groups is 1. The van der Waals surface area contributed by atoms with Gasteiger partial charge in [0.1, 0.15) is 0 Å². The number of hydrogen-bond donors (Lipinski definition) is 0. The SMILES string of the molecule is [SH-].c1cc[c]([BiH]([CH]2CCCCC2)[CH]2CCCCC2)cc1. The van der Waals surface area contributed by atoms with E-state index >= 15 is 0 Å². The summed E-state index contributed by atoms with van der Waals surface area (Å²) in [7, 11) is 0. The second kappa shape index (κ2) is 8.79. The fourth-order valence-electron chi connectivity index (χ4n) is 4.26. The Morgan fingerprint density at radius 3 is 1.55 bits per heavy atom. The Kier molecular flexibility index (Phi) is 7.39. The van der Waals surface area contributed by atoms with Gasteiger partial charge in [-0.2, -0.15) is 0 Å². The van der Waals surface area contributed by atoms with Crippen molar-refractivity contribution in [3.05, 3.63) is 30.3 Å². The summed E-state index contributed by atoms with van der Waals surface area (Å²) in [5, 5.41) is 0. The zero-order valence-electron chi connectivity index (χ0n) is 12.6. The monoisotopic (exact) mass is 486 g/mol. The Morgan fingerprint density at radius 2 is 1.10 bits per heavy atom. The van der Waals surface area contributed by atoms with E-state index in [1.54, 1.807) is 25.7 Å². The van der Waals surface area contributed by atoms with Gasteiger partial charge in [-0.1, -0.05) is 0 Å². The zero-order chi connectivity index (χ0) is 12.9. The predicted molar refractivity (Wildman–Crippen MR) is 95.7 cm³/mol. The Bertz CT molecular complexity index is 348. The first-order valence-electron chi connectivity index (χ1n) is 8.37. The first kappa shape index (κ1) is 16.8. The average Bonchev–Trinajstić information content (AvgIpc) is 2.51. The maximum atomic E-state index is 2.49. The Morgan fingerprint density at radius 1 is 0.650 bits per heavy atom. The fourth-order valence-corrected chi connectivity index (χ4v) is 20.8. The molecule has 1 aromatic rings. The minimum absolute atomic E-state index is 0. The van der Waals surface area contributed by atoms with Crippen LogP contribution in [0.25, 0.3) is 0 Å². The average molecular weight is 486 g/mol. The van der Waals surface area contributed by atoms with Crippen LogP contribution in [0.15, 0.2) is 30.3 Å². The van der Waals surface area contributed by atoms with E-state index in [0.29, 0.717) is 0 Å². The molecule has 3 rings (SSSR count). The van der Waals surface area contributed by atoms with Gasteiger partial charge in [-0.15, -0.1) is 0 Å². The zero-order valence-corrected chi connectivity index (χ0v) is 17.3. The molecule has 2 aliphatic carbocycles. The Hall–Kier alpha value is 0.453. The molecular weight excluding hydrogens is 457 g/mol. The van der Waals surface area contributed by atoms with Gasteiger partial charge in [0.25, 0.3) is 0 Å². The molecule has 0 atom stereocenters. The van der Waals surface area contributed by atoms with Gasteiger partial charge in [0, 0.05) is 0 Å². The molecule has 2 saturated carbocycles. The van der Waals surface area contributed by atoms with E-state index in [1.165, 1.54) is 45.8 Å². The molecule has 113 valence electrons. The number of hydrogen-bond acceptors (Lipinski definition) is 1. The summed E-state index contributed by atoms with van der Waals surface area (Å²) in [4.78, 5) is 0. The molecule has 2 aliphatic rings. The van der Waals surface area contributed by atoms with Gasteiger partial charge in [-0.05, 0) is 0 Å². The van der Waals surface area contributed by atoms with E-state index in [4.69, 9.17) is 0 Å². The summed E-state index contributed by atoms with van der Waals surface area (Å²) >= 11 is -1.62. The van der Waals surface area contributed by atoms with Gasteiger partial charge in [0.2, 0.25) is 0 Å². The number of benzene rings is 1. The second-order valence-electron chi connectivity index (χ2n) is 6.49. The molecule has 0 heterocycles. The van der Waals surface area contributed by atoms with Crippen molar-refractivity contribution in [2.24, 2.45) is 0 Å². The third kappa shape index (κ3) is 4.23. The number of rotatable bonds is 3. The third-order valence-electron chi connectivity index (χ3n) is 5.20. The standard InChI is InChI=1S/2C6H11.C6H5.Bi.H2S.H/c3*1-2-4-6-5-3-1;;;/h2*1H,2-6H2;1-5H;;1H2;/p-1. The van der Waals surface area contributed by atoms with Gasteiger partial charge in [-0.25, -0.2) is 0 Å². The first-order valence-corrected chi connectivity index (χ1v) is 14.8. The van der Waals surface area contributed by atoms with Gasteiger partial charge in [0.05, 0.1) is 0 Å². The van der Waals surface area contributed by atoms with Crippen LogP contribution < -0.4 is 3.27 Å². The fraction of sp³-hybridized carbons (Fsp3) is 0.667. The minimum atomic E-state index is -1.62. The normalized spacial score (nSPS) is 21.6. The van der Waals surface area contributed by atoms with Crippen LogP contribution in [0.3, 0.4) is 0 Å². The maximum absolute atomic E-state index is 2.49. The van der Waals surface area contributed by atoms with Crippen LogP contribution in [0.5, 0.6) is 0 Å². The summed E-state index contributed by atoms with van der Waals surface area (Å²) < 4.78 is 4.22. The molecule has 0 spiro atoms.